The van der Waals surface area contributed by atoms with Gasteiger partial charge in [-0.2, -0.15) is 16.7 Å². The lowest BCUT2D eigenvalue weighted by molar-refractivity contribution is 0.347. The minimum atomic E-state index is -3.56. The zero-order valence-corrected chi connectivity index (χ0v) is 26.1. The quantitative estimate of drug-likeness (QED) is 0.288. The third-order valence-corrected chi connectivity index (χ3v) is 11.4. The molecule has 1 saturated heterocycles. The summed E-state index contributed by atoms with van der Waals surface area (Å²) in [5.41, 5.74) is 2.31. The number of nitrogens with zero attached hydrogens (tertiary/aromatic N) is 5. The molecule has 0 spiro atoms. The normalized spacial score (nSPS) is 17.9. The number of sulfone groups is 1. The van der Waals surface area contributed by atoms with Crippen LogP contribution in [0.1, 0.15) is 23.7 Å². The Labute approximate surface area is 255 Å². The van der Waals surface area contributed by atoms with Crippen LogP contribution in [-0.2, 0) is 16.4 Å². The summed E-state index contributed by atoms with van der Waals surface area (Å²) in [4.78, 5) is 27.2. The molecule has 1 aliphatic heterocycles. The average molecular weight is 623 g/mol. The van der Waals surface area contributed by atoms with Crippen LogP contribution in [0.3, 0.4) is 0 Å². The van der Waals surface area contributed by atoms with Gasteiger partial charge in [-0.05, 0) is 75.9 Å². The van der Waals surface area contributed by atoms with Crippen LogP contribution in [0.15, 0.2) is 64.4 Å². The minimum absolute atomic E-state index is 0.0462. The van der Waals surface area contributed by atoms with Gasteiger partial charge >= 0.3 is 0 Å². The molecule has 0 amide bonds. The SMILES string of the molecule is CN(C)CCn1c(=O)c(-c2ccc(S(=O)(=O)C3CC3)cc2F)cc2cnc(Nc3ccc(C4CN(C)CCS4)cc3)nc21. The molecule has 1 saturated carbocycles. The van der Waals surface area contributed by atoms with Crippen LogP contribution in [0.25, 0.3) is 22.2 Å². The van der Waals surface area contributed by atoms with E-state index in [2.05, 4.69) is 34.4 Å². The van der Waals surface area contributed by atoms with Crippen LogP contribution in [0.5, 0.6) is 0 Å². The predicted octanol–water partition coefficient (Wildman–Crippen LogP) is 4.56. The molecule has 43 heavy (non-hydrogen) atoms. The molecule has 9 nitrogen and oxygen atoms in total. The second-order valence-electron chi connectivity index (χ2n) is 11.5. The van der Waals surface area contributed by atoms with Crippen LogP contribution in [0.4, 0.5) is 16.0 Å². The standard InChI is InChI=1S/C31H35FN6O3S2/c1-36(2)12-13-38-29-21(16-26(30(38)39)25-11-10-24(17-27(25)32)43(40,41)23-8-9-23)18-33-31(35-29)34-22-6-4-20(5-7-22)28-19-37(3)14-15-42-28/h4-7,10-11,16-18,23,28H,8-9,12-15,19H2,1-3H3,(H,33,34,35). The highest BCUT2D eigenvalue weighted by molar-refractivity contribution is 7.99. The third kappa shape index (κ3) is 6.33. The van der Waals surface area contributed by atoms with Crippen molar-refractivity contribution in [2.45, 2.75) is 34.8 Å². The molecule has 6 rings (SSSR count). The Kier molecular flexibility index (Phi) is 8.29. The van der Waals surface area contributed by atoms with Crippen molar-refractivity contribution in [1.82, 2.24) is 24.3 Å². The maximum Gasteiger partial charge on any atom is 0.260 e. The lowest BCUT2D eigenvalue weighted by Gasteiger charge is -2.29. The van der Waals surface area contributed by atoms with E-state index in [4.69, 9.17) is 4.98 Å². The predicted molar refractivity (Wildman–Crippen MR) is 170 cm³/mol. The molecule has 3 heterocycles. The molecule has 2 aromatic carbocycles. The van der Waals surface area contributed by atoms with E-state index in [1.165, 1.54) is 22.3 Å². The van der Waals surface area contributed by atoms with E-state index in [0.29, 0.717) is 48.2 Å². The largest absolute Gasteiger partial charge is 0.324 e. The monoisotopic (exact) mass is 622 g/mol. The first-order valence-electron chi connectivity index (χ1n) is 14.4. The van der Waals surface area contributed by atoms with E-state index >= 15 is 4.39 Å². The summed E-state index contributed by atoms with van der Waals surface area (Å²) >= 11 is 1.97. The number of pyridine rings is 1. The van der Waals surface area contributed by atoms with Crippen molar-refractivity contribution in [3.05, 3.63) is 76.5 Å². The summed E-state index contributed by atoms with van der Waals surface area (Å²) in [5, 5.41) is 3.82. The van der Waals surface area contributed by atoms with Gasteiger partial charge in [-0.1, -0.05) is 12.1 Å². The number of fused-ring (bicyclic) bond motifs is 1. The molecule has 0 bridgehead atoms. The number of aromatic nitrogens is 3. The number of thioether (sulfide) groups is 1. The number of likely N-dealkylation sites (N-methyl/N-ethyl adjacent to an activating group) is 2. The number of halogens is 1. The first-order valence-corrected chi connectivity index (χ1v) is 17.0. The maximum absolute atomic E-state index is 15.4. The number of hydrogen-bond acceptors (Lipinski definition) is 9. The van der Waals surface area contributed by atoms with Gasteiger partial charge in [-0.3, -0.25) is 9.36 Å². The molecule has 4 aromatic rings. The molecule has 0 radical (unpaired) electrons. The lowest BCUT2D eigenvalue weighted by atomic mass is 10.1. The summed E-state index contributed by atoms with van der Waals surface area (Å²) in [7, 11) is 2.41. The number of benzene rings is 2. The van der Waals surface area contributed by atoms with Gasteiger partial charge < -0.3 is 15.1 Å². The molecule has 1 unspecified atom stereocenters. The van der Waals surface area contributed by atoms with E-state index in [-0.39, 0.29) is 16.0 Å². The van der Waals surface area contributed by atoms with E-state index in [9.17, 15) is 13.2 Å². The first kappa shape index (κ1) is 29.7. The molecule has 2 aliphatic rings. The maximum atomic E-state index is 15.4. The van der Waals surface area contributed by atoms with Crippen LogP contribution < -0.4 is 10.9 Å². The fourth-order valence-corrected chi connectivity index (χ4v) is 8.35. The fourth-order valence-electron chi connectivity index (χ4n) is 5.27. The summed E-state index contributed by atoms with van der Waals surface area (Å²) in [6, 6.07) is 13.6. The van der Waals surface area contributed by atoms with Crippen molar-refractivity contribution in [2.24, 2.45) is 0 Å². The molecule has 1 N–H and O–H groups in total. The van der Waals surface area contributed by atoms with Crippen molar-refractivity contribution in [1.29, 1.82) is 0 Å². The summed E-state index contributed by atoms with van der Waals surface area (Å²) in [6.45, 7) is 3.01. The van der Waals surface area contributed by atoms with E-state index in [0.717, 1.165) is 30.6 Å². The minimum Gasteiger partial charge on any atom is -0.324 e. The van der Waals surface area contributed by atoms with Crippen molar-refractivity contribution in [2.75, 3.05) is 51.8 Å². The van der Waals surface area contributed by atoms with Gasteiger partial charge in [0.15, 0.2) is 9.84 Å². The Morgan fingerprint density at radius 2 is 1.86 bits per heavy atom. The van der Waals surface area contributed by atoms with Gasteiger partial charge in [0.05, 0.1) is 15.7 Å². The smallest absolute Gasteiger partial charge is 0.260 e. The lowest BCUT2D eigenvalue weighted by Crippen LogP contribution is -2.30. The van der Waals surface area contributed by atoms with Gasteiger partial charge in [0.1, 0.15) is 11.5 Å². The molecule has 12 heteroatoms. The Morgan fingerprint density at radius 3 is 2.53 bits per heavy atom. The Balaban J connectivity index is 1.33. The summed E-state index contributed by atoms with van der Waals surface area (Å²) in [6.07, 6.45) is 2.80. The Hall–Kier alpha value is -3.32. The van der Waals surface area contributed by atoms with Crippen LogP contribution in [0.2, 0.25) is 0 Å². The van der Waals surface area contributed by atoms with Gasteiger partial charge in [-0.25, -0.2) is 17.8 Å². The van der Waals surface area contributed by atoms with Crippen molar-refractivity contribution in [3.8, 4) is 11.1 Å². The molecule has 1 aliphatic carbocycles. The Morgan fingerprint density at radius 1 is 1.09 bits per heavy atom. The fraction of sp³-hybridized carbons (Fsp3) is 0.387. The Bertz CT molecular complexity index is 1820. The van der Waals surface area contributed by atoms with Gasteiger partial charge in [0, 0.05) is 60.0 Å². The number of anilines is 2. The zero-order valence-electron chi connectivity index (χ0n) is 24.5. The summed E-state index contributed by atoms with van der Waals surface area (Å²) < 4.78 is 42.2. The third-order valence-electron chi connectivity index (χ3n) is 7.93. The average Bonchev–Trinajstić information content (AvgIpc) is 3.84. The van der Waals surface area contributed by atoms with Crippen LogP contribution in [0, 0.1) is 5.82 Å². The number of nitrogens with one attached hydrogen (secondary N) is 1. The van der Waals surface area contributed by atoms with E-state index in [1.54, 1.807) is 12.3 Å². The molecule has 2 aromatic heterocycles. The highest BCUT2D eigenvalue weighted by atomic mass is 32.2. The molecule has 1 atom stereocenters. The topological polar surface area (TPSA) is 100 Å². The highest BCUT2D eigenvalue weighted by Gasteiger charge is 2.37. The van der Waals surface area contributed by atoms with E-state index < -0.39 is 26.5 Å². The second-order valence-corrected chi connectivity index (χ2v) is 15.1. The molecule has 226 valence electrons. The van der Waals surface area contributed by atoms with Crippen molar-refractivity contribution >= 4 is 44.3 Å². The molecular formula is C31H35FN6O3S2. The second kappa shape index (κ2) is 12.0. The van der Waals surface area contributed by atoms with Crippen LogP contribution in [-0.4, -0.2) is 84.5 Å². The summed E-state index contributed by atoms with van der Waals surface area (Å²) in [5.74, 6) is 0.709. The number of hydrogen-bond donors (Lipinski definition) is 1. The van der Waals surface area contributed by atoms with Gasteiger partial charge in [0.2, 0.25) is 5.95 Å². The molecular weight excluding hydrogens is 588 g/mol. The molecule has 2 fully saturated rings. The zero-order chi connectivity index (χ0) is 30.3. The van der Waals surface area contributed by atoms with Crippen molar-refractivity contribution < 1.29 is 12.8 Å². The van der Waals surface area contributed by atoms with Gasteiger partial charge in [-0.15, -0.1) is 0 Å². The number of rotatable bonds is 9. The highest BCUT2D eigenvalue weighted by Crippen LogP contribution is 2.35. The van der Waals surface area contributed by atoms with Crippen LogP contribution >= 0.6 is 11.8 Å². The first-order chi connectivity index (χ1) is 20.6. The van der Waals surface area contributed by atoms with E-state index in [1.807, 2.05) is 42.9 Å². The van der Waals surface area contributed by atoms with Gasteiger partial charge in [0.25, 0.3) is 5.56 Å². The van der Waals surface area contributed by atoms with Crippen molar-refractivity contribution in [3.63, 3.8) is 0 Å².